The molecule has 80 valence electrons. The molecule has 1 aromatic rings. The van der Waals surface area contributed by atoms with Crippen LogP contribution in [0.1, 0.15) is 19.0 Å². The molecule has 1 heterocycles. The van der Waals surface area contributed by atoms with Crippen molar-refractivity contribution in [2.24, 2.45) is 5.73 Å². The fraction of sp³-hybridized carbons (Fsp3) is 0.250. The standard InChI is InChI=1S/C12H15ClN2/c1-2-3-4-10(8-14)7-12-6-5-11(13)9-15-12/h3-6,8-9H,2,7,14H2,1H3/b4-3-,10-8+. The van der Waals surface area contributed by atoms with Crippen molar-refractivity contribution < 1.29 is 0 Å². The highest BCUT2D eigenvalue weighted by Crippen LogP contribution is 2.10. The van der Waals surface area contributed by atoms with E-state index >= 15 is 0 Å². The van der Waals surface area contributed by atoms with Crippen molar-refractivity contribution in [3.63, 3.8) is 0 Å². The first-order valence-corrected chi connectivity index (χ1v) is 5.31. The molecule has 15 heavy (non-hydrogen) atoms. The van der Waals surface area contributed by atoms with Crippen molar-refractivity contribution in [1.82, 2.24) is 4.98 Å². The molecule has 0 radical (unpaired) electrons. The van der Waals surface area contributed by atoms with E-state index in [1.54, 1.807) is 12.4 Å². The molecule has 2 nitrogen and oxygen atoms in total. The van der Waals surface area contributed by atoms with E-state index in [-0.39, 0.29) is 0 Å². The summed E-state index contributed by atoms with van der Waals surface area (Å²) in [6, 6.07) is 3.74. The molecule has 0 atom stereocenters. The first-order chi connectivity index (χ1) is 7.26. The number of aromatic nitrogens is 1. The topological polar surface area (TPSA) is 38.9 Å². The lowest BCUT2D eigenvalue weighted by Crippen LogP contribution is -1.94. The third kappa shape index (κ3) is 4.17. The molecular weight excluding hydrogens is 208 g/mol. The van der Waals surface area contributed by atoms with Crippen molar-refractivity contribution in [2.75, 3.05) is 0 Å². The van der Waals surface area contributed by atoms with Gasteiger partial charge in [-0.15, -0.1) is 0 Å². The van der Waals surface area contributed by atoms with E-state index in [0.29, 0.717) is 5.02 Å². The van der Waals surface area contributed by atoms with Crippen LogP contribution in [-0.2, 0) is 6.42 Å². The zero-order chi connectivity index (χ0) is 11.1. The minimum Gasteiger partial charge on any atom is -0.404 e. The minimum atomic E-state index is 0.654. The molecule has 0 aliphatic heterocycles. The van der Waals surface area contributed by atoms with Crippen molar-refractivity contribution in [3.8, 4) is 0 Å². The van der Waals surface area contributed by atoms with Crippen molar-refractivity contribution in [3.05, 3.63) is 53.0 Å². The zero-order valence-corrected chi connectivity index (χ0v) is 9.54. The van der Waals surface area contributed by atoms with E-state index in [1.165, 1.54) is 0 Å². The van der Waals surface area contributed by atoms with Gasteiger partial charge in [0.05, 0.1) is 5.02 Å². The van der Waals surface area contributed by atoms with Gasteiger partial charge in [0, 0.05) is 18.3 Å². The summed E-state index contributed by atoms with van der Waals surface area (Å²) >= 11 is 5.75. The number of nitrogens with two attached hydrogens (primary N) is 1. The molecule has 0 amide bonds. The van der Waals surface area contributed by atoms with Gasteiger partial charge >= 0.3 is 0 Å². The normalized spacial score (nSPS) is 12.3. The highest BCUT2D eigenvalue weighted by atomic mass is 35.5. The SMILES string of the molecule is CC/C=C\C(=C/N)Cc1ccc(Cl)cn1. The summed E-state index contributed by atoms with van der Waals surface area (Å²) in [5.41, 5.74) is 7.56. The molecule has 1 rings (SSSR count). The Balaban J connectivity index is 2.67. The minimum absolute atomic E-state index is 0.654. The third-order valence-electron chi connectivity index (χ3n) is 1.96. The number of pyridine rings is 1. The van der Waals surface area contributed by atoms with Crippen LogP contribution in [0.3, 0.4) is 0 Å². The molecular formula is C12H15ClN2. The van der Waals surface area contributed by atoms with E-state index in [0.717, 1.165) is 24.1 Å². The Morgan fingerprint density at radius 3 is 2.87 bits per heavy atom. The average molecular weight is 223 g/mol. The first-order valence-electron chi connectivity index (χ1n) is 4.94. The Labute approximate surface area is 95.5 Å². The Morgan fingerprint density at radius 1 is 1.53 bits per heavy atom. The largest absolute Gasteiger partial charge is 0.404 e. The maximum Gasteiger partial charge on any atom is 0.0589 e. The number of allylic oxidation sites excluding steroid dienone is 3. The lowest BCUT2D eigenvalue weighted by molar-refractivity contribution is 1.06. The molecule has 0 aliphatic rings. The summed E-state index contributed by atoms with van der Waals surface area (Å²) < 4.78 is 0. The van der Waals surface area contributed by atoms with Gasteiger partial charge in [0.25, 0.3) is 0 Å². The lowest BCUT2D eigenvalue weighted by Gasteiger charge is -2.01. The lowest BCUT2D eigenvalue weighted by atomic mass is 10.1. The molecule has 0 saturated heterocycles. The maximum atomic E-state index is 5.75. The monoisotopic (exact) mass is 222 g/mol. The van der Waals surface area contributed by atoms with Crippen molar-refractivity contribution in [1.29, 1.82) is 0 Å². The maximum absolute atomic E-state index is 5.75. The molecule has 3 heteroatoms. The van der Waals surface area contributed by atoms with Crippen LogP contribution in [0.2, 0.25) is 5.02 Å². The highest BCUT2D eigenvalue weighted by molar-refractivity contribution is 6.30. The van der Waals surface area contributed by atoms with Crippen LogP contribution < -0.4 is 5.73 Å². The summed E-state index contributed by atoms with van der Waals surface area (Å²) in [4.78, 5) is 4.21. The Kier molecular flexibility index (Phi) is 4.91. The summed E-state index contributed by atoms with van der Waals surface area (Å²) in [5, 5.41) is 0.654. The fourth-order valence-electron chi connectivity index (χ4n) is 1.16. The Morgan fingerprint density at radius 2 is 2.33 bits per heavy atom. The second kappa shape index (κ2) is 6.25. The molecule has 0 aromatic carbocycles. The molecule has 2 N–H and O–H groups in total. The summed E-state index contributed by atoms with van der Waals surface area (Å²) in [5.74, 6) is 0. The quantitative estimate of drug-likeness (QED) is 0.796. The van der Waals surface area contributed by atoms with Crippen molar-refractivity contribution in [2.45, 2.75) is 19.8 Å². The number of rotatable bonds is 4. The Hall–Kier alpha value is -1.28. The number of nitrogens with zero attached hydrogens (tertiary/aromatic N) is 1. The van der Waals surface area contributed by atoms with Gasteiger partial charge in [-0.25, -0.2) is 0 Å². The van der Waals surface area contributed by atoms with E-state index in [2.05, 4.69) is 18.0 Å². The second-order valence-corrected chi connectivity index (χ2v) is 3.63. The molecule has 0 saturated carbocycles. The molecule has 0 spiro atoms. The second-order valence-electron chi connectivity index (χ2n) is 3.20. The van der Waals surface area contributed by atoms with Crippen LogP contribution in [0, 0.1) is 0 Å². The smallest absolute Gasteiger partial charge is 0.0589 e. The highest BCUT2D eigenvalue weighted by Gasteiger charge is 1.97. The summed E-state index contributed by atoms with van der Waals surface area (Å²) in [6.45, 7) is 2.09. The van der Waals surface area contributed by atoms with Crippen LogP contribution in [0.15, 0.2) is 42.3 Å². The first kappa shape index (κ1) is 11.8. The van der Waals surface area contributed by atoms with Crippen LogP contribution in [0.4, 0.5) is 0 Å². The molecule has 0 bridgehead atoms. The van der Waals surface area contributed by atoms with Gasteiger partial charge in [0.2, 0.25) is 0 Å². The van der Waals surface area contributed by atoms with Crippen LogP contribution in [0.25, 0.3) is 0 Å². The average Bonchev–Trinajstić information content (AvgIpc) is 2.27. The van der Waals surface area contributed by atoms with Crippen LogP contribution in [0.5, 0.6) is 0 Å². The van der Waals surface area contributed by atoms with Gasteiger partial charge in [-0.2, -0.15) is 0 Å². The third-order valence-corrected chi connectivity index (χ3v) is 2.18. The number of hydrogen-bond acceptors (Lipinski definition) is 2. The van der Waals surface area contributed by atoms with E-state index in [9.17, 15) is 0 Å². The van der Waals surface area contributed by atoms with E-state index < -0.39 is 0 Å². The predicted octanol–water partition coefficient (Wildman–Crippen LogP) is 3.09. The fourth-order valence-corrected chi connectivity index (χ4v) is 1.27. The Bertz CT molecular complexity index is 352. The van der Waals surface area contributed by atoms with Crippen LogP contribution in [-0.4, -0.2) is 4.98 Å². The van der Waals surface area contributed by atoms with Gasteiger partial charge in [-0.1, -0.05) is 30.7 Å². The van der Waals surface area contributed by atoms with Crippen LogP contribution >= 0.6 is 11.6 Å². The van der Waals surface area contributed by atoms with Gasteiger partial charge in [0.1, 0.15) is 0 Å². The summed E-state index contributed by atoms with van der Waals surface area (Å²) in [6.07, 6.45) is 9.11. The summed E-state index contributed by atoms with van der Waals surface area (Å²) in [7, 11) is 0. The van der Waals surface area contributed by atoms with Gasteiger partial charge < -0.3 is 5.73 Å². The molecule has 0 unspecified atom stereocenters. The zero-order valence-electron chi connectivity index (χ0n) is 8.78. The molecule has 1 aromatic heterocycles. The molecule has 0 fully saturated rings. The van der Waals surface area contributed by atoms with Gasteiger partial charge in [0.15, 0.2) is 0 Å². The predicted molar refractivity (Wildman–Crippen MR) is 64.7 cm³/mol. The van der Waals surface area contributed by atoms with E-state index in [1.807, 2.05) is 18.2 Å². The molecule has 0 aliphatic carbocycles. The van der Waals surface area contributed by atoms with E-state index in [4.69, 9.17) is 17.3 Å². The van der Waals surface area contributed by atoms with Crippen molar-refractivity contribution >= 4 is 11.6 Å². The van der Waals surface area contributed by atoms with Gasteiger partial charge in [-0.05, 0) is 30.3 Å². The van der Waals surface area contributed by atoms with Gasteiger partial charge in [-0.3, -0.25) is 4.98 Å². The number of halogens is 1. The number of hydrogen-bond donors (Lipinski definition) is 1.